The summed E-state index contributed by atoms with van der Waals surface area (Å²) in [5.41, 5.74) is 0.400. The highest BCUT2D eigenvalue weighted by atomic mass is 16.4. The SMILES string of the molecule is CC(O)CCNC(=O)c1cc[n+](CCC(=O)O)nc1. The predicted octanol–water partition coefficient (Wildman–Crippen LogP) is -0.655. The minimum absolute atomic E-state index is 0.0163. The van der Waals surface area contributed by atoms with Gasteiger partial charge in [-0.1, -0.05) is 4.68 Å². The summed E-state index contributed by atoms with van der Waals surface area (Å²) in [7, 11) is 0. The Morgan fingerprint density at radius 2 is 2.26 bits per heavy atom. The fourth-order valence-corrected chi connectivity index (χ4v) is 1.36. The van der Waals surface area contributed by atoms with Gasteiger partial charge < -0.3 is 15.5 Å². The molecule has 7 heteroatoms. The van der Waals surface area contributed by atoms with Gasteiger partial charge in [-0.05, 0) is 18.4 Å². The van der Waals surface area contributed by atoms with Crippen molar-refractivity contribution in [3.05, 3.63) is 24.0 Å². The first-order valence-electron chi connectivity index (χ1n) is 6.03. The number of aliphatic hydroxyl groups excluding tert-OH is 1. The molecule has 1 unspecified atom stereocenters. The Kier molecular flexibility index (Phi) is 5.87. The van der Waals surface area contributed by atoms with Crippen LogP contribution in [0.15, 0.2) is 18.5 Å². The Balaban J connectivity index is 2.46. The van der Waals surface area contributed by atoms with Crippen molar-refractivity contribution in [1.82, 2.24) is 10.4 Å². The van der Waals surface area contributed by atoms with E-state index in [4.69, 9.17) is 10.2 Å². The summed E-state index contributed by atoms with van der Waals surface area (Å²) in [6, 6.07) is 1.58. The number of nitrogens with zero attached hydrogens (tertiary/aromatic N) is 2. The van der Waals surface area contributed by atoms with Crippen molar-refractivity contribution in [1.29, 1.82) is 0 Å². The van der Waals surface area contributed by atoms with Crippen LogP contribution in [0.25, 0.3) is 0 Å². The normalized spacial score (nSPS) is 11.9. The molecule has 3 N–H and O–H groups in total. The van der Waals surface area contributed by atoms with Crippen LogP contribution in [0.4, 0.5) is 0 Å². The molecule has 0 fully saturated rings. The van der Waals surface area contributed by atoms with Crippen molar-refractivity contribution < 1.29 is 24.5 Å². The summed E-state index contributed by atoms with van der Waals surface area (Å²) in [6.07, 6.45) is 2.97. The van der Waals surface area contributed by atoms with E-state index in [2.05, 4.69) is 10.4 Å². The van der Waals surface area contributed by atoms with Crippen LogP contribution in [0, 0.1) is 0 Å². The van der Waals surface area contributed by atoms with Crippen LogP contribution in [-0.2, 0) is 11.3 Å². The molecule has 1 heterocycles. The Labute approximate surface area is 110 Å². The number of aliphatic carboxylic acids is 1. The van der Waals surface area contributed by atoms with Gasteiger partial charge in [-0.2, -0.15) is 0 Å². The van der Waals surface area contributed by atoms with Crippen LogP contribution in [0.3, 0.4) is 0 Å². The summed E-state index contributed by atoms with van der Waals surface area (Å²) in [4.78, 5) is 22.1. The quantitative estimate of drug-likeness (QED) is 0.570. The molecule has 19 heavy (non-hydrogen) atoms. The Hall–Kier alpha value is -2.02. The van der Waals surface area contributed by atoms with E-state index in [1.807, 2.05) is 0 Å². The van der Waals surface area contributed by atoms with Crippen LogP contribution in [0.5, 0.6) is 0 Å². The number of carboxylic acid groups (broad SMARTS) is 1. The second-order valence-electron chi connectivity index (χ2n) is 4.22. The van der Waals surface area contributed by atoms with Crippen molar-refractivity contribution in [3.8, 4) is 0 Å². The number of carboxylic acids is 1. The maximum atomic E-state index is 11.7. The smallest absolute Gasteiger partial charge is 0.309 e. The number of aromatic nitrogens is 2. The molecule has 0 saturated heterocycles. The largest absolute Gasteiger partial charge is 0.481 e. The molecule has 104 valence electrons. The van der Waals surface area contributed by atoms with Gasteiger partial charge in [0.1, 0.15) is 12.6 Å². The molecule has 1 aromatic rings. The molecule has 0 aliphatic heterocycles. The lowest BCUT2D eigenvalue weighted by atomic mass is 10.2. The Morgan fingerprint density at radius 1 is 1.53 bits per heavy atom. The zero-order valence-electron chi connectivity index (χ0n) is 10.7. The lowest BCUT2D eigenvalue weighted by Gasteiger charge is -2.05. The third kappa shape index (κ3) is 5.91. The number of nitrogens with one attached hydrogen (secondary N) is 1. The van der Waals surface area contributed by atoms with Crippen LogP contribution >= 0.6 is 0 Å². The van der Waals surface area contributed by atoms with Crippen molar-refractivity contribution in [2.45, 2.75) is 32.4 Å². The number of aryl methyl sites for hydroxylation is 1. The van der Waals surface area contributed by atoms with Gasteiger partial charge in [0.05, 0.1) is 11.7 Å². The van der Waals surface area contributed by atoms with Crippen LogP contribution in [0.2, 0.25) is 0 Å². The number of aliphatic hydroxyl groups is 1. The first-order chi connectivity index (χ1) is 8.99. The molecule has 0 aliphatic rings. The first-order valence-corrected chi connectivity index (χ1v) is 6.03. The van der Waals surface area contributed by atoms with E-state index >= 15 is 0 Å². The van der Waals surface area contributed by atoms with Gasteiger partial charge in [-0.25, -0.2) is 0 Å². The maximum absolute atomic E-state index is 11.7. The summed E-state index contributed by atoms with van der Waals surface area (Å²) < 4.78 is 1.46. The molecule has 1 atom stereocenters. The maximum Gasteiger partial charge on any atom is 0.309 e. The molecule has 1 rings (SSSR count). The molecule has 0 aliphatic carbocycles. The van der Waals surface area contributed by atoms with E-state index in [9.17, 15) is 9.59 Å². The number of hydrogen-bond acceptors (Lipinski definition) is 4. The van der Waals surface area contributed by atoms with Gasteiger partial charge in [0.25, 0.3) is 5.91 Å². The van der Waals surface area contributed by atoms with Gasteiger partial charge in [-0.15, -0.1) is 0 Å². The summed E-state index contributed by atoms with van der Waals surface area (Å²) in [5, 5.41) is 24.2. The molecule has 0 radical (unpaired) electrons. The van der Waals surface area contributed by atoms with Gasteiger partial charge in [0.15, 0.2) is 12.7 Å². The van der Waals surface area contributed by atoms with Gasteiger partial charge in [0, 0.05) is 12.6 Å². The molecule has 0 bridgehead atoms. The third-order valence-corrected chi connectivity index (χ3v) is 2.44. The Morgan fingerprint density at radius 3 is 2.79 bits per heavy atom. The lowest BCUT2D eigenvalue weighted by Crippen LogP contribution is -2.39. The average molecular weight is 268 g/mol. The summed E-state index contributed by atoms with van der Waals surface area (Å²) >= 11 is 0. The topological polar surface area (TPSA) is 103 Å². The third-order valence-electron chi connectivity index (χ3n) is 2.44. The van der Waals surface area contributed by atoms with Gasteiger partial charge in [0.2, 0.25) is 0 Å². The molecule has 0 aromatic carbocycles. The lowest BCUT2D eigenvalue weighted by molar-refractivity contribution is -0.753. The molecular formula is C12H18N3O4+. The minimum Gasteiger partial charge on any atom is -0.481 e. The van der Waals surface area contributed by atoms with Crippen LogP contribution in [0.1, 0.15) is 30.1 Å². The monoisotopic (exact) mass is 268 g/mol. The predicted molar refractivity (Wildman–Crippen MR) is 65.3 cm³/mol. The van der Waals surface area contributed by atoms with Crippen LogP contribution in [-0.4, -0.2) is 39.8 Å². The number of amides is 1. The molecule has 7 nitrogen and oxygen atoms in total. The molecule has 1 amide bonds. The molecular weight excluding hydrogens is 250 g/mol. The number of rotatable bonds is 7. The molecule has 0 saturated carbocycles. The number of carbonyl (C=O) groups is 2. The van der Waals surface area contributed by atoms with E-state index in [0.29, 0.717) is 18.5 Å². The van der Waals surface area contributed by atoms with Crippen molar-refractivity contribution >= 4 is 11.9 Å². The van der Waals surface area contributed by atoms with E-state index in [-0.39, 0.29) is 18.9 Å². The first kappa shape index (κ1) is 15.0. The average Bonchev–Trinajstić information content (AvgIpc) is 2.36. The van der Waals surface area contributed by atoms with Gasteiger partial charge >= 0.3 is 5.97 Å². The van der Waals surface area contributed by atoms with Crippen molar-refractivity contribution in [2.24, 2.45) is 0 Å². The van der Waals surface area contributed by atoms with Crippen molar-refractivity contribution in [2.75, 3.05) is 6.54 Å². The second kappa shape index (κ2) is 7.42. The highest BCUT2D eigenvalue weighted by molar-refractivity contribution is 5.93. The zero-order chi connectivity index (χ0) is 14.3. The summed E-state index contributed by atoms with van der Waals surface area (Å²) in [6.45, 7) is 2.31. The summed E-state index contributed by atoms with van der Waals surface area (Å²) in [5.74, 6) is -1.16. The standard InChI is InChI=1S/C12H17N3O4/c1-9(16)2-5-13-12(19)10-3-6-15(14-8-10)7-4-11(17)18/h3,6,8-9,16H,2,4-5,7H2,1H3,(H-,13,17,18,19)/p+1. The minimum atomic E-state index is -0.894. The van der Waals surface area contributed by atoms with E-state index in [1.165, 1.54) is 10.9 Å². The Bertz CT molecular complexity index is 431. The van der Waals surface area contributed by atoms with Crippen molar-refractivity contribution in [3.63, 3.8) is 0 Å². The molecule has 0 spiro atoms. The van der Waals surface area contributed by atoms with E-state index in [1.54, 1.807) is 19.2 Å². The van der Waals surface area contributed by atoms with Crippen LogP contribution < -0.4 is 10.00 Å². The zero-order valence-corrected chi connectivity index (χ0v) is 10.7. The number of hydrogen-bond donors (Lipinski definition) is 3. The molecule has 1 aromatic heterocycles. The van der Waals surface area contributed by atoms with E-state index < -0.39 is 12.1 Å². The highest BCUT2D eigenvalue weighted by Gasteiger charge is 2.10. The number of carbonyl (C=O) groups excluding carboxylic acids is 1. The fourth-order valence-electron chi connectivity index (χ4n) is 1.36. The second-order valence-corrected chi connectivity index (χ2v) is 4.22. The fraction of sp³-hybridized carbons (Fsp3) is 0.500. The van der Waals surface area contributed by atoms with E-state index in [0.717, 1.165) is 0 Å². The van der Waals surface area contributed by atoms with Gasteiger partial charge in [-0.3, -0.25) is 9.59 Å². The highest BCUT2D eigenvalue weighted by Crippen LogP contribution is 1.94.